The number of aliphatic hydroxyl groups is 2. The highest BCUT2D eigenvalue weighted by Crippen LogP contribution is 2.46. The molecule has 0 spiro atoms. The first-order chi connectivity index (χ1) is 56.7. The van der Waals surface area contributed by atoms with Crippen molar-refractivity contribution in [3.05, 3.63) is 218 Å². The number of amides is 1. The monoisotopic (exact) mass is 1830 g/mol. The molecule has 4 aromatic carbocycles. The molecular weight excluding hydrogens is 1750 g/mol. The second-order valence-corrected chi connectivity index (χ2v) is 35.5. The van der Waals surface area contributed by atoms with E-state index < -0.39 is 88.7 Å². The van der Waals surface area contributed by atoms with Crippen molar-refractivity contribution in [1.29, 1.82) is 0 Å². The average Bonchev–Trinajstić information content (AvgIpc) is 1.56. The van der Waals surface area contributed by atoms with Crippen molar-refractivity contribution in [2.24, 2.45) is 5.73 Å². The third-order valence-electron chi connectivity index (χ3n) is 20.8. The molecule has 25 nitrogen and oxygen atoms in total. The van der Waals surface area contributed by atoms with Gasteiger partial charge in [-0.05, 0) is 240 Å². The number of rotatable bonds is 11. The molecule has 19 rings (SSSR count). The standard InChI is InChI=1S/C25H18F3N5O.C20H28BN3O4.C16H9BrF3NO.C10H10BrN3.C9H9BrN4.C5H11NO2/c26-14-5-13(6-15(27)8-14)23(34)20-7-12-1-4-17(22(28)18(12)9-30-20)19-10-33(16-2-3-16)25-21(19)24(29)31-11-32-25;1-18(2,3)26-17(25)15-14-13(21-27-19(4,5)20(6,7)28-21)10-24(12-8-9-12)16(14)23-11-22-15;17-13-2-1-8-5-14(21-7-12(8)15(13)20)16(22)9-3-10(18)6-11(19)4-9;1-6-9-8(11)4-14(7-2-3-7)10(9)13-5-12-6;10-6-3-14(5-1-2-5)9-7(6)8(11)12-4-13-9;1-5(2,3)8-4(6)7/h1,4-11,16,23,34H,2-3H2,(H2,29,31,32);10-12H,8-9H2,1-7H3;1-7,16,22H;4-5,7H,2-3H2,1H3;3-5H,1-2H2,(H2,11,12,13);1-3H3,(H2,6,7). The fraction of sp³-hybridized carbons (Fsp3) is 0.341. The number of nitrogens with zero attached hydrogens (tertiary/aromatic N) is 14. The summed E-state index contributed by atoms with van der Waals surface area (Å²) in [5.41, 5.74) is 21.4. The Morgan fingerprint density at radius 1 is 0.492 bits per heavy atom. The third-order valence-corrected chi connectivity index (χ3v) is 22.6. The van der Waals surface area contributed by atoms with Gasteiger partial charge in [0.1, 0.15) is 118 Å². The maximum absolute atomic E-state index is 15.7. The lowest BCUT2D eigenvalue weighted by Crippen LogP contribution is -2.41. The molecule has 4 aliphatic carbocycles. The number of anilines is 2. The molecule has 5 aliphatic rings. The number of aryl methyl sites for hydroxylation is 1. The van der Waals surface area contributed by atoms with Crippen LogP contribution in [0.2, 0.25) is 0 Å². The van der Waals surface area contributed by atoms with E-state index in [2.05, 4.69) is 122 Å². The fourth-order valence-electron chi connectivity index (χ4n) is 13.8. The fourth-order valence-corrected chi connectivity index (χ4v) is 15.4. The number of halogens is 9. The molecule has 0 bridgehead atoms. The summed E-state index contributed by atoms with van der Waals surface area (Å²) in [6.07, 6.45) is 22.5. The van der Waals surface area contributed by atoms with Crippen LogP contribution in [0.3, 0.4) is 0 Å². The van der Waals surface area contributed by atoms with Crippen molar-refractivity contribution < 1.29 is 64.9 Å². The minimum absolute atomic E-state index is 0.0183. The summed E-state index contributed by atoms with van der Waals surface area (Å²) in [4.78, 5) is 65.1. The van der Waals surface area contributed by atoms with Gasteiger partial charge in [0, 0.05) is 110 Å². The molecule has 14 aromatic rings. The van der Waals surface area contributed by atoms with Crippen LogP contribution in [0.25, 0.3) is 76.8 Å². The highest BCUT2D eigenvalue weighted by atomic mass is 79.9. The molecule has 120 heavy (non-hydrogen) atoms. The zero-order valence-corrected chi connectivity index (χ0v) is 71.9. The number of hydrogen-bond donors (Lipinski definition) is 5. The average molecular weight is 1840 g/mol. The first-order valence-corrected chi connectivity index (χ1v) is 41.0. The molecule has 11 heterocycles. The van der Waals surface area contributed by atoms with Gasteiger partial charge in [0.15, 0.2) is 5.69 Å². The minimum atomic E-state index is -1.37. The number of benzene rings is 4. The van der Waals surface area contributed by atoms with Gasteiger partial charge in [-0.1, -0.05) is 18.2 Å². The molecule has 1 aliphatic heterocycles. The summed E-state index contributed by atoms with van der Waals surface area (Å²) in [7, 11) is -0.598. The van der Waals surface area contributed by atoms with Crippen molar-refractivity contribution in [1.82, 2.24) is 68.1 Å². The summed E-state index contributed by atoms with van der Waals surface area (Å²) in [5, 5.41) is 25.7. The van der Waals surface area contributed by atoms with Crippen LogP contribution in [0.15, 0.2) is 149 Å². The molecule has 4 saturated carbocycles. The lowest BCUT2D eigenvalue weighted by atomic mass is 9.79. The lowest BCUT2D eigenvalue weighted by Gasteiger charge is -2.32. The highest BCUT2D eigenvalue weighted by molar-refractivity contribution is 9.11. The van der Waals surface area contributed by atoms with E-state index in [1.165, 1.54) is 75.3 Å². The number of aromatic nitrogens is 14. The Bertz CT molecular complexity index is 6150. The molecule has 10 aromatic heterocycles. The zero-order chi connectivity index (χ0) is 86.1. The smallest absolute Gasteiger partial charge is 0.455 e. The van der Waals surface area contributed by atoms with Crippen LogP contribution in [0.5, 0.6) is 0 Å². The predicted molar refractivity (Wildman–Crippen MR) is 454 cm³/mol. The number of nitrogens with two attached hydrogens (primary N) is 3. The van der Waals surface area contributed by atoms with E-state index in [4.69, 9.17) is 31.2 Å². The molecule has 624 valence electrons. The SMILES string of the molecule is CC(C)(C)OC(=O)c1ncnc2c1c(B1OC(C)(C)C(C)(C)O1)cn2C1CC1.CC(C)(C)OC(N)=O.Cc1ncnc2c1c(Br)cn2C1CC1.Nc1ncnc2c1c(-c1ccc3cc(C(O)c4cc(F)cc(F)c4)ncc3c1F)cn2C1CC1.Nc1ncnc2c1c(Br)cn2C1CC1.OC(c1cc(F)cc(F)c1)c1cc2ccc(Br)c(F)c2cn1. The van der Waals surface area contributed by atoms with E-state index in [0.717, 1.165) is 110 Å². The molecule has 2 unspecified atom stereocenters. The molecule has 35 heteroatoms. The zero-order valence-electron chi connectivity index (χ0n) is 67.1. The molecule has 1 saturated heterocycles. The summed E-state index contributed by atoms with van der Waals surface area (Å²) in [6.45, 7) is 20.9. The van der Waals surface area contributed by atoms with Crippen LogP contribution < -0.4 is 22.7 Å². The van der Waals surface area contributed by atoms with Gasteiger partial charge < -0.3 is 64.5 Å². The topological polar surface area (TPSA) is 338 Å². The van der Waals surface area contributed by atoms with E-state index in [1.54, 1.807) is 45.3 Å². The largest absolute Gasteiger partial charge is 0.497 e. The lowest BCUT2D eigenvalue weighted by molar-refractivity contribution is 0.00578. The molecule has 8 N–H and O–H groups in total. The van der Waals surface area contributed by atoms with Gasteiger partial charge in [0.25, 0.3) is 0 Å². The van der Waals surface area contributed by atoms with Gasteiger partial charge in [-0.25, -0.2) is 75.8 Å². The van der Waals surface area contributed by atoms with Gasteiger partial charge in [-0.2, -0.15) is 0 Å². The van der Waals surface area contributed by atoms with Crippen LogP contribution in [0.1, 0.15) is 196 Å². The van der Waals surface area contributed by atoms with Crippen molar-refractivity contribution >= 4 is 150 Å². The van der Waals surface area contributed by atoms with Gasteiger partial charge in [0.05, 0.1) is 54.3 Å². The van der Waals surface area contributed by atoms with Crippen LogP contribution in [0, 0.1) is 41.8 Å². The van der Waals surface area contributed by atoms with Crippen molar-refractivity contribution in [3.63, 3.8) is 0 Å². The number of aliphatic hydroxyl groups excluding tert-OH is 2. The van der Waals surface area contributed by atoms with Crippen molar-refractivity contribution in [3.8, 4) is 11.1 Å². The summed E-state index contributed by atoms with van der Waals surface area (Å²) in [5.74, 6) is -3.79. The van der Waals surface area contributed by atoms with Crippen LogP contribution in [-0.2, 0) is 18.8 Å². The highest BCUT2D eigenvalue weighted by Gasteiger charge is 2.53. The van der Waals surface area contributed by atoms with E-state index >= 15 is 4.39 Å². The number of primary amides is 1. The second kappa shape index (κ2) is 33.8. The Hall–Kier alpha value is -10.6. The molecule has 1 amide bonds. The normalized spacial score (nSPS) is 16.0. The summed E-state index contributed by atoms with van der Waals surface area (Å²) >= 11 is 10.1. The van der Waals surface area contributed by atoms with Gasteiger partial charge in [-0.3, -0.25) is 9.97 Å². The number of carbonyl (C=O) groups is 2. The Labute approximate surface area is 710 Å². The van der Waals surface area contributed by atoms with Gasteiger partial charge in [-0.15, -0.1) is 0 Å². The number of pyridine rings is 2. The number of esters is 1. The molecule has 2 atom stereocenters. The van der Waals surface area contributed by atoms with E-state index in [-0.39, 0.29) is 44.8 Å². The summed E-state index contributed by atoms with van der Waals surface area (Å²) < 4.78 is 117. The van der Waals surface area contributed by atoms with E-state index in [0.29, 0.717) is 72.8 Å². The van der Waals surface area contributed by atoms with E-state index in [1.807, 2.05) is 78.5 Å². The first kappa shape index (κ1) is 85.8. The number of carbonyl (C=O) groups excluding carboxylic acids is 2. The van der Waals surface area contributed by atoms with Gasteiger partial charge >= 0.3 is 19.2 Å². The number of ether oxygens (including phenoxy) is 2. The maximum atomic E-state index is 15.7. The number of nitrogen functional groups attached to an aromatic ring is 2. The van der Waals surface area contributed by atoms with Crippen molar-refractivity contribution in [2.75, 3.05) is 11.5 Å². The Balaban J connectivity index is 0.000000124. The van der Waals surface area contributed by atoms with Gasteiger partial charge in [0.2, 0.25) is 0 Å². The molecular formula is C85H85BBr3F6N17O8. The Morgan fingerprint density at radius 2 is 0.892 bits per heavy atom. The van der Waals surface area contributed by atoms with Crippen LogP contribution in [0.4, 0.5) is 42.8 Å². The van der Waals surface area contributed by atoms with Crippen LogP contribution in [-0.4, -0.2) is 120 Å². The quantitative estimate of drug-likeness (QED) is 0.0456. The summed E-state index contributed by atoms with van der Waals surface area (Å²) in [6, 6.07) is 17.1. The number of hydrogen-bond acceptors (Lipinski definition) is 20. The predicted octanol–water partition coefficient (Wildman–Crippen LogP) is 18.4. The first-order valence-electron chi connectivity index (χ1n) is 38.6. The third kappa shape index (κ3) is 18.8. The Kier molecular flexibility index (Phi) is 24.2. The van der Waals surface area contributed by atoms with E-state index in [9.17, 15) is 41.8 Å². The number of fused-ring (bicyclic) bond motifs is 6. The molecule has 0 radical (unpaired) electrons. The maximum Gasteiger partial charge on any atom is 0.497 e. The van der Waals surface area contributed by atoms with Crippen LogP contribution >= 0.6 is 47.8 Å². The molecule has 5 fully saturated rings. The van der Waals surface area contributed by atoms with Crippen molar-refractivity contribution in [2.45, 2.75) is 186 Å². The minimum Gasteiger partial charge on any atom is -0.455 e. The Morgan fingerprint density at radius 3 is 1.35 bits per heavy atom. The second-order valence-electron chi connectivity index (χ2n) is 32.9.